The van der Waals surface area contributed by atoms with E-state index in [2.05, 4.69) is 25.6 Å². The molecular weight excluding hydrogens is 408 g/mol. The summed E-state index contributed by atoms with van der Waals surface area (Å²) in [6.45, 7) is 0.231. The lowest BCUT2D eigenvalue weighted by Gasteiger charge is -2.11. The Hall–Kier alpha value is -3.80. The summed E-state index contributed by atoms with van der Waals surface area (Å²) in [5, 5.41) is 8.35. The van der Waals surface area contributed by atoms with Crippen LogP contribution in [0.1, 0.15) is 5.56 Å². The third-order valence-corrected chi connectivity index (χ3v) is 4.43. The minimum Gasteiger partial charge on any atom is -0.493 e. The van der Waals surface area contributed by atoms with Crippen molar-refractivity contribution < 1.29 is 14.3 Å². The van der Waals surface area contributed by atoms with Gasteiger partial charge in [-0.2, -0.15) is 10.2 Å². The van der Waals surface area contributed by atoms with Crippen molar-refractivity contribution in [2.45, 2.75) is 11.9 Å². The zero-order valence-electron chi connectivity index (χ0n) is 16.1. The van der Waals surface area contributed by atoms with Crippen LogP contribution in [0.5, 0.6) is 11.5 Å². The van der Waals surface area contributed by atoms with Crippen LogP contribution in [0.15, 0.2) is 53.0 Å². The Morgan fingerprint density at radius 3 is 2.77 bits per heavy atom. The lowest BCUT2D eigenvalue weighted by Crippen LogP contribution is -2.19. The number of carbonyl (C=O) groups is 1. The van der Waals surface area contributed by atoms with Crippen molar-refractivity contribution in [1.82, 2.24) is 25.2 Å². The molecule has 0 fully saturated rings. The molecule has 30 heavy (non-hydrogen) atoms. The fraction of sp³-hybridized carbons (Fsp3) is 0.167. The maximum atomic E-state index is 12.0. The number of nitrogen functional groups attached to an aromatic ring is 2. The monoisotopic (exact) mass is 428 g/mol. The Morgan fingerprint density at radius 2 is 2.07 bits per heavy atom. The van der Waals surface area contributed by atoms with Gasteiger partial charge in [-0.25, -0.2) is 20.1 Å². The molecule has 0 atom stereocenters. The van der Waals surface area contributed by atoms with E-state index in [1.54, 1.807) is 48.5 Å². The van der Waals surface area contributed by atoms with E-state index in [0.29, 0.717) is 22.2 Å². The number of hydrazone groups is 1. The van der Waals surface area contributed by atoms with Gasteiger partial charge in [0, 0.05) is 18.5 Å². The van der Waals surface area contributed by atoms with E-state index >= 15 is 0 Å². The summed E-state index contributed by atoms with van der Waals surface area (Å²) in [4.78, 5) is 19.9. The SMILES string of the molecule is COc1ccc(/C=N\NC(=O)CSc2nc(N)cc(N)n2)cc1OCn1cccn1. The summed E-state index contributed by atoms with van der Waals surface area (Å²) in [5.41, 5.74) is 14.4. The Labute approximate surface area is 176 Å². The van der Waals surface area contributed by atoms with Gasteiger partial charge in [0.15, 0.2) is 23.4 Å². The number of rotatable bonds is 9. The molecule has 0 saturated carbocycles. The number of ether oxygens (including phenoxy) is 2. The molecule has 2 heterocycles. The van der Waals surface area contributed by atoms with Gasteiger partial charge in [0.05, 0.1) is 19.1 Å². The molecule has 0 saturated heterocycles. The summed E-state index contributed by atoms with van der Waals surface area (Å²) in [7, 11) is 1.56. The van der Waals surface area contributed by atoms with E-state index in [1.165, 1.54) is 12.3 Å². The lowest BCUT2D eigenvalue weighted by molar-refractivity contribution is -0.118. The van der Waals surface area contributed by atoms with Gasteiger partial charge < -0.3 is 20.9 Å². The topological polar surface area (TPSA) is 156 Å². The van der Waals surface area contributed by atoms with Crippen molar-refractivity contribution >= 4 is 35.5 Å². The van der Waals surface area contributed by atoms with Crippen LogP contribution >= 0.6 is 11.8 Å². The largest absolute Gasteiger partial charge is 0.493 e. The first-order valence-electron chi connectivity index (χ1n) is 8.66. The lowest BCUT2D eigenvalue weighted by atomic mass is 10.2. The summed E-state index contributed by atoms with van der Waals surface area (Å²) < 4.78 is 12.7. The number of nitrogens with zero attached hydrogens (tertiary/aromatic N) is 5. The summed E-state index contributed by atoms with van der Waals surface area (Å²) >= 11 is 1.10. The molecule has 156 valence electrons. The van der Waals surface area contributed by atoms with Crippen LogP contribution in [-0.4, -0.2) is 44.7 Å². The van der Waals surface area contributed by atoms with E-state index in [0.717, 1.165) is 11.8 Å². The predicted molar refractivity (Wildman–Crippen MR) is 113 cm³/mol. The first kappa shape index (κ1) is 20.9. The molecule has 0 bridgehead atoms. The molecule has 2 aromatic heterocycles. The maximum Gasteiger partial charge on any atom is 0.250 e. The van der Waals surface area contributed by atoms with Gasteiger partial charge in [-0.15, -0.1) is 0 Å². The van der Waals surface area contributed by atoms with E-state index in [-0.39, 0.29) is 30.0 Å². The Kier molecular flexibility index (Phi) is 7.05. The van der Waals surface area contributed by atoms with Crippen LogP contribution in [0.2, 0.25) is 0 Å². The minimum absolute atomic E-state index is 0.0566. The van der Waals surface area contributed by atoms with E-state index in [1.807, 2.05) is 0 Å². The molecule has 1 aromatic carbocycles. The first-order valence-corrected chi connectivity index (χ1v) is 9.65. The number of aromatic nitrogens is 4. The molecular formula is C18H20N8O3S. The first-order chi connectivity index (χ1) is 14.5. The van der Waals surface area contributed by atoms with Gasteiger partial charge in [0.2, 0.25) is 0 Å². The molecule has 0 spiro atoms. The normalized spacial score (nSPS) is 10.8. The molecule has 12 heteroatoms. The Bertz CT molecular complexity index is 1010. The number of amides is 1. The molecule has 11 nitrogen and oxygen atoms in total. The van der Waals surface area contributed by atoms with E-state index in [4.69, 9.17) is 20.9 Å². The van der Waals surface area contributed by atoms with E-state index in [9.17, 15) is 4.79 Å². The highest BCUT2D eigenvalue weighted by Crippen LogP contribution is 2.27. The van der Waals surface area contributed by atoms with E-state index < -0.39 is 0 Å². The third kappa shape index (κ3) is 6.10. The smallest absolute Gasteiger partial charge is 0.250 e. The minimum atomic E-state index is -0.329. The highest BCUT2D eigenvalue weighted by Gasteiger charge is 2.07. The van der Waals surface area contributed by atoms with Crippen LogP contribution in [0.4, 0.5) is 11.6 Å². The second-order valence-electron chi connectivity index (χ2n) is 5.81. The van der Waals surface area contributed by atoms with Crippen molar-refractivity contribution in [3.63, 3.8) is 0 Å². The quantitative estimate of drug-likeness (QED) is 0.197. The average molecular weight is 428 g/mol. The van der Waals surface area contributed by atoms with Gasteiger partial charge >= 0.3 is 0 Å². The van der Waals surface area contributed by atoms with Gasteiger partial charge in [-0.1, -0.05) is 11.8 Å². The molecule has 0 aliphatic rings. The number of benzene rings is 1. The Balaban J connectivity index is 1.54. The maximum absolute atomic E-state index is 12.0. The van der Waals surface area contributed by atoms with Gasteiger partial charge in [-0.3, -0.25) is 4.79 Å². The van der Waals surface area contributed by atoms with Crippen molar-refractivity contribution in [2.75, 3.05) is 24.3 Å². The second kappa shape index (κ2) is 10.1. The predicted octanol–water partition coefficient (Wildman–Crippen LogP) is 1.12. The second-order valence-corrected chi connectivity index (χ2v) is 6.75. The van der Waals surface area contributed by atoms with Gasteiger partial charge in [-0.05, 0) is 29.8 Å². The number of hydrogen-bond donors (Lipinski definition) is 3. The number of nitrogens with one attached hydrogen (secondary N) is 1. The van der Waals surface area contributed by atoms with Crippen LogP contribution in [0.3, 0.4) is 0 Å². The van der Waals surface area contributed by atoms with Crippen molar-refractivity contribution in [2.24, 2.45) is 5.10 Å². The molecule has 0 aliphatic carbocycles. The fourth-order valence-corrected chi connectivity index (χ4v) is 2.93. The molecule has 1 amide bonds. The zero-order chi connectivity index (χ0) is 21.3. The standard InChI is InChI=1S/C18H20N8O3S/c1-28-13-4-3-12(7-14(13)29-11-26-6-2-5-22-26)9-21-25-17(27)10-30-18-23-15(19)8-16(20)24-18/h2-9H,10-11H2,1H3,(H,25,27)(H4,19,20,23,24)/b21-9-. The highest BCUT2D eigenvalue weighted by atomic mass is 32.2. The zero-order valence-corrected chi connectivity index (χ0v) is 16.9. The summed E-state index contributed by atoms with van der Waals surface area (Å²) in [6, 6.07) is 8.53. The molecule has 0 radical (unpaired) electrons. The average Bonchev–Trinajstić information content (AvgIpc) is 3.24. The van der Waals surface area contributed by atoms with Gasteiger partial charge in [0.25, 0.3) is 5.91 Å². The van der Waals surface area contributed by atoms with Crippen LogP contribution in [-0.2, 0) is 11.5 Å². The third-order valence-electron chi connectivity index (χ3n) is 3.58. The fourth-order valence-electron chi connectivity index (χ4n) is 2.27. The van der Waals surface area contributed by atoms with Gasteiger partial charge in [0.1, 0.15) is 11.6 Å². The van der Waals surface area contributed by atoms with Crippen LogP contribution < -0.4 is 26.4 Å². The number of anilines is 2. The Morgan fingerprint density at radius 1 is 1.27 bits per heavy atom. The van der Waals surface area contributed by atoms with Crippen molar-refractivity contribution in [1.29, 1.82) is 0 Å². The van der Waals surface area contributed by atoms with Crippen molar-refractivity contribution in [3.05, 3.63) is 48.3 Å². The molecule has 0 aliphatic heterocycles. The number of carbonyl (C=O) groups excluding carboxylic acids is 1. The number of hydrogen-bond acceptors (Lipinski definition) is 10. The molecule has 5 N–H and O–H groups in total. The molecule has 0 unspecified atom stereocenters. The number of thioether (sulfide) groups is 1. The highest BCUT2D eigenvalue weighted by molar-refractivity contribution is 7.99. The summed E-state index contributed by atoms with van der Waals surface area (Å²) in [6.07, 6.45) is 4.95. The van der Waals surface area contributed by atoms with Crippen molar-refractivity contribution in [3.8, 4) is 11.5 Å². The number of nitrogens with two attached hydrogens (primary N) is 2. The van der Waals surface area contributed by atoms with Crippen LogP contribution in [0, 0.1) is 0 Å². The molecule has 3 aromatic rings. The number of methoxy groups -OCH3 is 1. The van der Waals surface area contributed by atoms with Crippen LogP contribution in [0.25, 0.3) is 0 Å². The molecule has 3 rings (SSSR count). The summed E-state index contributed by atoms with van der Waals surface area (Å²) in [5.74, 6) is 1.31.